The van der Waals surface area contributed by atoms with Crippen molar-refractivity contribution in [1.82, 2.24) is 5.32 Å². The van der Waals surface area contributed by atoms with Crippen LogP contribution in [0, 0.1) is 11.6 Å². The Bertz CT molecular complexity index is 391. The van der Waals surface area contributed by atoms with Gasteiger partial charge in [-0.2, -0.15) is 0 Å². The first kappa shape index (κ1) is 13.4. The molecule has 1 heterocycles. The topological polar surface area (TPSA) is 21.3 Å². The monoisotopic (exact) mass is 255 g/mol. The van der Waals surface area contributed by atoms with Crippen LogP contribution in [0.1, 0.15) is 24.8 Å². The summed E-state index contributed by atoms with van der Waals surface area (Å²) in [4.78, 5) is 0. The van der Waals surface area contributed by atoms with Crippen LogP contribution in [0.3, 0.4) is 0 Å². The van der Waals surface area contributed by atoms with E-state index < -0.39 is 11.6 Å². The maximum atomic E-state index is 13.1. The minimum absolute atomic E-state index is 0.234. The summed E-state index contributed by atoms with van der Waals surface area (Å²) in [6, 6.07) is 4.33. The van der Waals surface area contributed by atoms with Crippen molar-refractivity contribution >= 4 is 0 Å². The Morgan fingerprint density at radius 1 is 1.39 bits per heavy atom. The molecule has 2 atom stereocenters. The minimum Gasteiger partial charge on any atom is -0.378 e. The first-order chi connectivity index (χ1) is 8.69. The summed E-state index contributed by atoms with van der Waals surface area (Å²) in [5.41, 5.74) is 0.811. The number of benzene rings is 1. The quantitative estimate of drug-likeness (QED) is 0.873. The fourth-order valence-corrected chi connectivity index (χ4v) is 2.40. The van der Waals surface area contributed by atoms with Crippen LogP contribution < -0.4 is 5.32 Å². The summed E-state index contributed by atoms with van der Waals surface area (Å²) in [7, 11) is 1.89. The Balaban J connectivity index is 1.94. The van der Waals surface area contributed by atoms with Crippen molar-refractivity contribution in [3.63, 3.8) is 0 Å². The maximum Gasteiger partial charge on any atom is 0.159 e. The van der Waals surface area contributed by atoms with Gasteiger partial charge >= 0.3 is 0 Å². The molecule has 1 N–H and O–H groups in total. The molecule has 1 saturated heterocycles. The van der Waals surface area contributed by atoms with Crippen molar-refractivity contribution in [2.75, 3.05) is 13.7 Å². The van der Waals surface area contributed by atoms with Gasteiger partial charge in [0.25, 0.3) is 0 Å². The normalized spacial score (nSPS) is 21.2. The molecule has 0 amide bonds. The lowest BCUT2D eigenvalue weighted by molar-refractivity contribution is 0.0954. The lowest BCUT2D eigenvalue weighted by Gasteiger charge is -2.20. The van der Waals surface area contributed by atoms with E-state index in [0.29, 0.717) is 12.5 Å². The summed E-state index contributed by atoms with van der Waals surface area (Å²) in [6.07, 6.45) is 4.11. The van der Waals surface area contributed by atoms with Crippen LogP contribution in [0.25, 0.3) is 0 Å². The van der Waals surface area contributed by atoms with Gasteiger partial charge in [-0.1, -0.05) is 6.07 Å². The zero-order valence-electron chi connectivity index (χ0n) is 10.6. The van der Waals surface area contributed by atoms with Gasteiger partial charge in [-0.3, -0.25) is 0 Å². The van der Waals surface area contributed by atoms with E-state index in [1.807, 2.05) is 7.05 Å². The third-order valence-corrected chi connectivity index (χ3v) is 3.45. The van der Waals surface area contributed by atoms with Crippen molar-refractivity contribution in [2.24, 2.45) is 0 Å². The fraction of sp³-hybridized carbons (Fsp3) is 0.571. The molecule has 2 rings (SSSR count). The van der Waals surface area contributed by atoms with Crippen LogP contribution in [-0.4, -0.2) is 25.8 Å². The van der Waals surface area contributed by atoms with E-state index in [1.165, 1.54) is 12.1 Å². The van der Waals surface area contributed by atoms with Crippen LogP contribution >= 0.6 is 0 Å². The van der Waals surface area contributed by atoms with Crippen LogP contribution in [0.2, 0.25) is 0 Å². The predicted octanol–water partition coefficient (Wildman–Crippen LogP) is 2.66. The summed E-state index contributed by atoms with van der Waals surface area (Å²) >= 11 is 0. The molecule has 0 bridgehead atoms. The average Bonchev–Trinajstić information content (AvgIpc) is 2.86. The molecule has 1 aliphatic heterocycles. The third kappa shape index (κ3) is 3.50. The number of rotatable bonds is 5. The van der Waals surface area contributed by atoms with Gasteiger partial charge in [0, 0.05) is 12.6 Å². The largest absolute Gasteiger partial charge is 0.378 e. The molecular weight excluding hydrogens is 236 g/mol. The van der Waals surface area contributed by atoms with Gasteiger partial charge in [0.15, 0.2) is 11.6 Å². The van der Waals surface area contributed by atoms with E-state index in [9.17, 15) is 8.78 Å². The first-order valence-electron chi connectivity index (χ1n) is 6.42. The highest BCUT2D eigenvalue weighted by molar-refractivity contribution is 5.18. The lowest BCUT2D eigenvalue weighted by Crippen LogP contribution is -2.31. The lowest BCUT2D eigenvalue weighted by atomic mass is 9.99. The van der Waals surface area contributed by atoms with Crippen molar-refractivity contribution < 1.29 is 13.5 Å². The second-order valence-electron chi connectivity index (χ2n) is 4.81. The van der Waals surface area contributed by atoms with E-state index in [2.05, 4.69) is 5.32 Å². The molecule has 0 aromatic heterocycles. The Hall–Kier alpha value is -1.00. The Morgan fingerprint density at radius 2 is 2.22 bits per heavy atom. The molecule has 1 aromatic carbocycles. The Labute approximate surface area is 106 Å². The number of hydrogen-bond donors (Lipinski definition) is 1. The highest BCUT2D eigenvalue weighted by atomic mass is 19.2. The average molecular weight is 255 g/mol. The zero-order valence-corrected chi connectivity index (χ0v) is 10.6. The van der Waals surface area contributed by atoms with E-state index in [4.69, 9.17) is 4.74 Å². The number of ether oxygens (including phenoxy) is 1. The van der Waals surface area contributed by atoms with Crippen molar-refractivity contribution in [2.45, 2.75) is 37.8 Å². The standard InChI is InChI=1S/C14H19F2NO/c1-17-11(9-12-3-2-6-18-12)7-10-4-5-13(15)14(16)8-10/h4-5,8,11-12,17H,2-3,6-7,9H2,1H3. The predicted molar refractivity (Wildman–Crippen MR) is 66.5 cm³/mol. The second kappa shape index (κ2) is 6.25. The van der Waals surface area contributed by atoms with Gasteiger partial charge in [-0.05, 0) is 50.4 Å². The van der Waals surface area contributed by atoms with E-state index in [1.54, 1.807) is 6.07 Å². The number of hydrogen-bond acceptors (Lipinski definition) is 2. The van der Waals surface area contributed by atoms with Gasteiger partial charge in [0.2, 0.25) is 0 Å². The molecule has 0 radical (unpaired) electrons. The summed E-state index contributed by atoms with van der Waals surface area (Å²) in [6.45, 7) is 0.840. The highest BCUT2D eigenvalue weighted by Crippen LogP contribution is 2.19. The van der Waals surface area contributed by atoms with Gasteiger partial charge in [0.1, 0.15) is 0 Å². The van der Waals surface area contributed by atoms with E-state index >= 15 is 0 Å². The van der Waals surface area contributed by atoms with Gasteiger partial charge in [-0.15, -0.1) is 0 Å². The van der Waals surface area contributed by atoms with Crippen molar-refractivity contribution in [3.8, 4) is 0 Å². The zero-order chi connectivity index (χ0) is 13.0. The SMILES string of the molecule is CNC(Cc1ccc(F)c(F)c1)CC1CCCO1. The second-order valence-corrected chi connectivity index (χ2v) is 4.81. The molecule has 1 aromatic rings. The Morgan fingerprint density at radius 3 is 2.83 bits per heavy atom. The van der Waals surface area contributed by atoms with Gasteiger partial charge < -0.3 is 10.1 Å². The van der Waals surface area contributed by atoms with Crippen LogP contribution in [0.4, 0.5) is 8.78 Å². The molecule has 0 saturated carbocycles. The summed E-state index contributed by atoms with van der Waals surface area (Å²) < 4.78 is 31.5. The van der Waals surface area contributed by atoms with Gasteiger partial charge in [0.05, 0.1) is 6.10 Å². The maximum absolute atomic E-state index is 13.1. The fourth-order valence-electron chi connectivity index (χ4n) is 2.40. The summed E-state index contributed by atoms with van der Waals surface area (Å²) in [5.74, 6) is -1.57. The molecule has 1 aliphatic rings. The number of likely N-dealkylation sites (N-methyl/N-ethyl adjacent to an activating group) is 1. The number of halogens is 2. The van der Waals surface area contributed by atoms with Gasteiger partial charge in [-0.25, -0.2) is 8.78 Å². The van der Waals surface area contributed by atoms with E-state index in [0.717, 1.165) is 31.4 Å². The molecule has 100 valence electrons. The van der Waals surface area contributed by atoms with E-state index in [-0.39, 0.29) is 6.04 Å². The van der Waals surface area contributed by atoms with Crippen LogP contribution in [-0.2, 0) is 11.2 Å². The number of nitrogens with one attached hydrogen (secondary N) is 1. The molecule has 2 nitrogen and oxygen atoms in total. The Kier molecular flexibility index (Phi) is 4.66. The minimum atomic E-state index is -0.793. The molecule has 2 unspecified atom stereocenters. The smallest absolute Gasteiger partial charge is 0.159 e. The molecule has 18 heavy (non-hydrogen) atoms. The molecular formula is C14H19F2NO. The third-order valence-electron chi connectivity index (χ3n) is 3.45. The van der Waals surface area contributed by atoms with Crippen LogP contribution in [0.5, 0.6) is 0 Å². The first-order valence-corrected chi connectivity index (χ1v) is 6.42. The molecule has 0 spiro atoms. The highest BCUT2D eigenvalue weighted by Gasteiger charge is 2.20. The molecule has 1 fully saturated rings. The molecule has 4 heteroatoms. The van der Waals surface area contributed by atoms with Crippen LogP contribution in [0.15, 0.2) is 18.2 Å². The molecule has 0 aliphatic carbocycles. The van der Waals surface area contributed by atoms with Crippen molar-refractivity contribution in [3.05, 3.63) is 35.4 Å². The van der Waals surface area contributed by atoms with Crippen molar-refractivity contribution in [1.29, 1.82) is 0 Å². The summed E-state index contributed by atoms with van der Waals surface area (Å²) in [5, 5.41) is 3.22.